The van der Waals surface area contributed by atoms with Crippen LogP contribution in [0.4, 0.5) is 0 Å². The molecule has 112 valence electrons. The maximum Gasteiger partial charge on any atom is 0.0121 e. The normalized spacial score (nSPS) is 34.1. The van der Waals surface area contributed by atoms with E-state index in [1.54, 1.807) is 0 Å². The quantitative estimate of drug-likeness (QED) is 0.728. The van der Waals surface area contributed by atoms with Gasteiger partial charge >= 0.3 is 0 Å². The van der Waals surface area contributed by atoms with Gasteiger partial charge in [0.25, 0.3) is 0 Å². The monoisotopic (exact) mass is 265 g/mol. The third kappa shape index (κ3) is 3.97. The van der Waals surface area contributed by atoms with Crippen molar-refractivity contribution in [3.8, 4) is 0 Å². The van der Waals surface area contributed by atoms with Crippen LogP contribution in [0.3, 0.4) is 0 Å². The molecule has 1 nitrogen and oxygen atoms in total. The summed E-state index contributed by atoms with van der Waals surface area (Å²) in [5.74, 6) is 0. The third-order valence-electron chi connectivity index (χ3n) is 5.50. The van der Waals surface area contributed by atoms with E-state index in [4.69, 9.17) is 0 Å². The van der Waals surface area contributed by atoms with Crippen LogP contribution in [0.1, 0.15) is 86.5 Å². The molecule has 0 radical (unpaired) electrons. The molecular weight excluding hydrogens is 230 g/mol. The second-order valence-electron chi connectivity index (χ2n) is 9.56. The lowest BCUT2D eigenvalue weighted by atomic mass is 9.63. The van der Waals surface area contributed by atoms with Crippen LogP contribution in [0.2, 0.25) is 0 Å². The van der Waals surface area contributed by atoms with Gasteiger partial charge in [-0.15, -0.1) is 0 Å². The molecule has 0 heterocycles. The second-order valence-corrected chi connectivity index (χ2v) is 9.56. The van der Waals surface area contributed by atoms with Crippen molar-refractivity contribution in [1.29, 1.82) is 0 Å². The minimum atomic E-state index is 0.490. The molecule has 0 bridgehead atoms. The summed E-state index contributed by atoms with van der Waals surface area (Å²) in [6, 6.07) is 1.46. The first-order chi connectivity index (χ1) is 8.60. The lowest BCUT2D eigenvalue weighted by molar-refractivity contribution is 0.0602. The molecule has 0 aromatic rings. The summed E-state index contributed by atoms with van der Waals surface area (Å²) in [5, 5.41) is 4.06. The van der Waals surface area contributed by atoms with Crippen LogP contribution < -0.4 is 5.32 Å². The number of hydrogen-bond donors (Lipinski definition) is 1. The van der Waals surface area contributed by atoms with Gasteiger partial charge in [0.05, 0.1) is 0 Å². The van der Waals surface area contributed by atoms with Crippen molar-refractivity contribution < 1.29 is 0 Å². The zero-order chi connectivity index (χ0) is 14.3. The first-order valence-corrected chi connectivity index (χ1v) is 8.36. The average Bonchev–Trinajstić information content (AvgIpc) is 2.16. The summed E-state index contributed by atoms with van der Waals surface area (Å²) in [7, 11) is 0. The predicted molar refractivity (Wildman–Crippen MR) is 84.4 cm³/mol. The van der Waals surface area contributed by atoms with E-state index in [2.05, 4.69) is 46.9 Å². The molecule has 2 saturated carbocycles. The fraction of sp³-hybridized carbons (Fsp3) is 1.00. The van der Waals surface area contributed by atoms with Gasteiger partial charge in [-0.05, 0) is 48.3 Å². The van der Waals surface area contributed by atoms with Gasteiger partial charge in [0.15, 0.2) is 0 Å². The Morgan fingerprint density at radius 3 is 1.95 bits per heavy atom. The molecule has 19 heavy (non-hydrogen) atoms. The van der Waals surface area contributed by atoms with Gasteiger partial charge < -0.3 is 5.32 Å². The minimum Gasteiger partial charge on any atom is -0.311 e. The van der Waals surface area contributed by atoms with E-state index in [0.717, 1.165) is 12.1 Å². The molecule has 0 amide bonds. The fourth-order valence-electron chi connectivity index (χ4n) is 5.05. The molecule has 0 aromatic carbocycles. The Bertz CT molecular complexity index is 298. The van der Waals surface area contributed by atoms with Crippen molar-refractivity contribution in [3.63, 3.8) is 0 Å². The van der Waals surface area contributed by atoms with Crippen LogP contribution in [-0.4, -0.2) is 12.1 Å². The van der Waals surface area contributed by atoms with E-state index in [1.807, 2.05) is 0 Å². The van der Waals surface area contributed by atoms with E-state index in [-0.39, 0.29) is 0 Å². The van der Waals surface area contributed by atoms with Gasteiger partial charge in [0.1, 0.15) is 0 Å². The molecule has 0 aliphatic heterocycles. The fourth-order valence-corrected chi connectivity index (χ4v) is 5.05. The highest BCUT2D eigenvalue weighted by Crippen LogP contribution is 2.46. The van der Waals surface area contributed by atoms with Crippen molar-refractivity contribution in [1.82, 2.24) is 5.32 Å². The molecule has 1 atom stereocenters. The summed E-state index contributed by atoms with van der Waals surface area (Å²) in [4.78, 5) is 0. The summed E-state index contributed by atoms with van der Waals surface area (Å²) >= 11 is 0. The molecule has 2 aliphatic carbocycles. The summed E-state index contributed by atoms with van der Waals surface area (Å²) in [6.45, 7) is 14.7. The topological polar surface area (TPSA) is 12.0 Å². The van der Waals surface area contributed by atoms with E-state index < -0.39 is 0 Å². The van der Waals surface area contributed by atoms with Gasteiger partial charge in [-0.1, -0.05) is 54.4 Å². The highest BCUT2D eigenvalue weighted by atomic mass is 15.0. The molecule has 0 spiro atoms. The van der Waals surface area contributed by atoms with E-state index in [0.29, 0.717) is 16.2 Å². The standard InChI is InChI=1S/C18H35N/c1-16(2)11-14(12-17(3,4)13-16)19-15-9-7-8-10-18(15,5)6/h14-15,19H,7-13H2,1-6H3. The molecule has 0 saturated heterocycles. The highest BCUT2D eigenvalue weighted by molar-refractivity contribution is 4.96. The smallest absolute Gasteiger partial charge is 0.0121 e. The molecular formula is C18H35N. The number of hydrogen-bond acceptors (Lipinski definition) is 1. The summed E-state index contributed by atoms with van der Waals surface area (Å²) < 4.78 is 0. The highest BCUT2D eigenvalue weighted by Gasteiger charge is 2.41. The van der Waals surface area contributed by atoms with Crippen LogP contribution >= 0.6 is 0 Å². The average molecular weight is 265 g/mol. The van der Waals surface area contributed by atoms with Gasteiger partial charge in [-0.3, -0.25) is 0 Å². The molecule has 2 fully saturated rings. The summed E-state index contributed by atoms with van der Waals surface area (Å²) in [6.07, 6.45) is 9.68. The van der Waals surface area contributed by atoms with Crippen molar-refractivity contribution in [2.24, 2.45) is 16.2 Å². The van der Waals surface area contributed by atoms with Gasteiger partial charge in [0.2, 0.25) is 0 Å². The van der Waals surface area contributed by atoms with Crippen molar-refractivity contribution in [2.45, 2.75) is 98.6 Å². The maximum absolute atomic E-state index is 4.06. The molecule has 1 N–H and O–H groups in total. The zero-order valence-corrected chi connectivity index (χ0v) is 14.1. The first-order valence-electron chi connectivity index (χ1n) is 8.36. The van der Waals surface area contributed by atoms with Crippen molar-refractivity contribution in [2.75, 3.05) is 0 Å². The Morgan fingerprint density at radius 1 is 0.842 bits per heavy atom. The number of nitrogens with one attached hydrogen (secondary N) is 1. The number of rotatable bonds is 2. The van der Waals surface area contributed by atoms with Gasteiger partial charge in [-0.2, -0.15) is 0 Å². The Kier molecular flexibility index (Phi) is 4.09. The lowest BCUT2D eigenvalue weighted by Gasteiger charge is -2.48. The maximum atomic E-state index is 4.06. The van der Waals surface area contributed by atoms with Crippen molar-refractivity contribution >= 4 is 0 Å². The largest absolute Gasteiger partial charge is 0.311 e. The second kappa shape index (κ2) is 5.06. The molecule has 0 aromatic heterocycles. The van der Waals surface area contributed by atoms with Crippen LogP contribution in [0.15, 0.2) is 0 Å². The van der Waals surface area contributed by atoms with Crippen LogP contribution in [-0.2, 0) is 0 Å². The van der Waals surface area contributed by atoms with Crippen LogP contribution in [0.5, 0.6) is 0 Å². The SMILES string of the molecule is CC1(C)CC(NC2CCCCC2(C)C)CC(C)(C)C1. The van der Waals surface area contributed by atoms with Crippen molar-refractivity contribution in [3.05, 3.63) is 0 Å². The van der Waals surface area contributed by atoms with E-state index in [1.165, 1.54) is 44.9 Å². The first kappa shape index (κ1) is 15.4. The van der Waals surface area contributed by atoms with Gasteiger partial charge in [-0.25, -0.2) is 0 Å². The molecule has 1 unspecified atom stereocenters. The van der Waals surface area contributed by atoms with Crippen LogP contribution in [0, 0.1) is 16.2 Å². The molecule has 1 heteroatoms. The van der Waals surface area contributed by atoms with Crippen LogP contribution in [0.25, 0.3) is 0 Å². The predicted octanol–water partition coefficient (Wildman–Crippen LogP) is 5.15. The molecule has 2 aliphatic rings. The Hall–Kier alpha value is -0.0400. The Morgan fingerprint density at radius 2 is 1.42 bits per heavy atom. The minimum absolute atomic E-state index is 0.490. The summed E-state index contributed by atoms with van der Waals surface area (Å²) in [5.41, 5.74) is 1.49. The lowest BCUT2D eigenvalue weighted by Crippen LogP contribution is -2.52. The van der Waals surface area contributed by atoms with E-state index >= 15 is 0 Å². The van der Waals surface area contributed by atoms with E-state index in [9.17, 15) is 0 Å². The third-order valence-corrected chi connectivity index (χ3v) is 5.50. The zero-order valence-electron chi connectivity index (χ0n) is 14.1. The Labute approximate surface area is 120 Å². The molecule has 2 rings (SSSR count). The Balaban J connectivity index is 2.02. The van der Waals surface area contributed by atoms with Gasteiger partial charge in [0, 0.05) is 12.1 Å².